The largest absolute Gasteiger partial charge is 0.336 e. The number of halogens is 1. The maximum Gasteiger partial charge on any atom is 0.254 e. The fourth-order valence-electron chi connectivity index (χ4n) is 3.74. The third-order valence-electron chi connectivity index (χ3n) is 5.15. The van der Waals surface area contributed by atoms with E-state index in [1.165, 1.54) is 10.4 Å². The summed E-state index contributed by atoms with van der Waals surface area (Å²) in [7, 11) is -3.63. The van der Waals surface area contributed by atoms with Crippen LogP contribution in [0.3, 0.4) is 0 Å². The third kappa shape index (κ3) is 3.82. The van der Waals surface area contributed by atoms with Crippen molar-refractivity contribution in [3.8, 4) is 0 Å². The average molecular weight is 405 g/mol. The van der Waals surface area contributed by atoms with Gasteiger partial charge in [-0.05, 0) is 56.5 Å². The SMILES string of the molecule is Cc1cc(C)c(S(=O)(=O)N2CCN(C(=O)c3ccc(C)c(F)c3)CC2)c(C)c1. The first kappa shape index (κ1) is 20.5. The molecule has 0 bridgehead atoms. The van der Waals surface area contributed by atoms with Crippen LogP contribution in [0.25, 0.3) is 0 Å². The molecule has 0 radical (unpaired) electrons. The maximum absolute atomic E-state index is 13.8. The number of hydrogen-bond donors (Lipinski definition) is 0. The van der Waals surface area contributed by atoms with Gasteiger partial charge in [0, 0.05) is 31.7 Å². The minimum atomic E-state index is -3.63. The molecule has 0 saturated carbocycles. The van der Waals surface area contributed by atoms with Crippen molar-refractivity contribution in [3.05, 3.63) is 64.0 Å². The van der Waals surface area contributed by atoms with Crippen LogP contribution < -0.4 is 0 Å². The predicted molar refractivity (Wildman–Crippen MR) is 106 cm³/mol. The van der Waals surface area contributed by atoms with E-state index in [9.17, 15) is 17.6 Å². The maximum atomic E-state index is 13.8. The first-order valence-corrected chi connectivity index (χ1v) is 10.7. The molecule has 1 aliphatic rings. The minimum Gasteiger partial charge on any atom is -0.336 e. The lowest BCUT2D eigenvalue weighted by Crippen LogP contribution is -2.50. The fraction of sp³-hybridized carbons (Fsp3) is 0.381. The van der Waals surface area contributed by atoms with E-state index in [-0.39, 0.29) is 37.6 Å². The van der Waals surface area contributed by atoms with E-state index in [1.54, 1.807) is 37.8 Å². The summed E-state index contributed by atoms with van der Waals surface area (Å²) in [6.45, 7) is 8.17. The fourth-order valence-corrected chi connectivity index (χ4v) is 5.58. The molecule has 1 aliphatic heterocycles. The van der Waals surface area contributed by atoms with Gasteiger partial charge in [-0.15, -0.1) is 0 Å². The molecule has 1 saturated heterocycles. The van der Waals surface area contributed by atoms with Gasteiger partial charge in [0.2, 0.25) is 10.0 Å². The first-order valence-electron chi connectivity index (χ1n) is 9.24. The van der Waals surface area contributed by atoms with Crippen molar-refractivity contribution in [2.24, 2.45) is 0 Å². The number of amides is 1. The quantitative estimate of drug-likeness (QED) is 0.789. The first-order chi connectivity index (χ1) is 13.1. The normalized spacial score (nSPS) is 15.7. The highest BCUT2D eigenvalue weighted by Gasteiger charge is 2.32. The van der Waals surface area contributed by atoms with E-state index in [4.69, 9.17) is 0 Å². The lowest BCUT2D eigenvalue weighted by molar-refractivity contribution is 0.0697. The van der Waals surface area contributed by atoms with Crippen LogP contribution in [0.1, 0.15) is 32.6 Å². The minimum absolute atomic E-state index is 0.217. The van der Waals surface area contributed by atoms with Crippen LogP contribution in [0, 0.1) is 33.5 Å². The molecule has 0 N–H and O–H groups in total. The number of piperazine rings is 1. The Morgan fingerprint density at radius 3 is 2.00 bits per heavy atom. The number of rotatable bonds is 3. The van der Waals surface area contributed by atoms with Crippen molar-refractivity contribution < 1.29 is 17.6 Å². The van der Waals surface area contributed by atoms with Gasteiger partial charge in [-0.3, -0.25) is 4.79 Å². The summed E-state index contributed by atoms with van der Waals surface area (Å²) in [4.78, 5) is 14.5. The van der Waals surface area contributed by atoms with E-state index < -0.39 is 15.8 Å². The van der Waals surface area contributed by atoms with Gasteiger partial charge in [-0.1, -0.05) is 23.8 Å². The Bertz CT molecular complexity index is 1000. The van der Waals surface area contributed by atoms with Crippen LogP contribution in [-0.4, -0.2) is 49.7 Å². The van der Waals surface area contributed by atoms with E-state index in [0.29, 0.717) is 10.5 Å². The summed E-state index contributed by atoms with van der Waals surface area (Å²) in [5.41, 5.74) is 3.24. The predicted octanol–water partition coefficient (Wildman–Crippen LogP) is 3.21. The summed E-state index contributed by atoms with van der Waals surface area (Å²) >= 11 is 0. The van der Waals surface area contributed by atoms with Gasteiger partial charge in [0.1, 0.15) is 5.82 Å². The van der Waals surface area contributed by atoms with Gasteiger partial charge >= 0.3 is 0 Å². The number of nitrogens with zero attached hydrogens (tertiary/aromatic N) is 2. The van der Waals surface area contributed by atoms with Crippen molar-refractivity contribution in [3.63, 3.8) is 0 Å². The molecule has 0 spiro atoms. The summed E-state index contributed by atoms with van der Waals surface area (Å²) in [5, 5.41) is 0. The average Bonchev–Trinajstić information content (AvgIpc) is 2.62. The van der Waals surface area contributed by atoms with Crippen LogP contribution in [0.2, 0.25) is 0 Å². The molecule has 5 nitrogen and oxygen atoms in total. The van der Waals surface area contributed by atoms with Gasteiger partial charge in [-0.2, -0.15) is 4.31 Å². The molecule has 1 amide bonds. The summed E-state index contributed by atoms with van der Waals surface area (Å²) in [6.07, 6.45) is 0. The van der Waals surface area contributed by atoms with E-state index in [1.807, 2.05) is 19.1 Å². The molecule has 2 aromatic rings. The topological polar surface area (TPSA) is 57.7 Å². The zero-order valence-corrected chi connectivity index (χ0v) is 17.4. The van der Waals surface area contributed by atoms with Crippen molar-refractivity contribution in [2.75, 3.05) is 26.2 Å². The molecule has 3 rings (SSSR count). The van der Waals surface area contributed by atoms with Crippen molar-refractivity contribution in [1.29, 1.82) is 0 Å². The van der Waals surface area contributed by atoms with Crippen molar-refractivity contribution >= 4 is 15.9 Å². The molecule has 1 heterocycles. The Kier molecular flexibility index (Phi) is 5.59. The van der Waals surface area contributed by atoms with E-state index in [2.05, 4.69) is 0 Å². The molecule has 7 heteroatoms. The Morgan fingerprint density at radius 2 is 1.46 bits per heavy atom. The van der Waals surface area contributed by atoms with Crippen molar-refractivity contribution in [1.82, 2.24) is 9.21 Å². The zero-order chi connectivity index (χ0) is 20.6. The highest BCUT2D eigenvalue weighted by Crippen LogP contribution is 2.26. The number of carbonyl (C=O) groups excluding carboxylic acids is 1. The zero-order valence-electron chi connectivity index (χ0n) is 16.6. The Hall–Kier alpha value is -2.25. The molecule has 0 aliphatic carbocycles. The summed E-state index contributed by atoms with van der Waals surface area (Å²) in [6, 6.07) is 8.14. The molecule has 2 aromatic carbocycles. The Labute approximate surface area is 165 Å². The smallest absolute Gasteiger partial charge is 0.254 e. The Balaban J connectivity index is 1.76. The number of carbonyl (C=O) groups is 1. The molecular weight excluding hydrogens is 379 g/mol. The van der Waals surface area contributed by atoms with Gasteiger partial charge < -0.3 is 4.90 Å². The molecule has 150 valence electrons. The second kappa shape index (κ2) is 7.64. The molecule has 28 heavy (non-hydrogen) atoms. The molecule has 1 fully saturated rings. The number of hydrogen-bond acceptors (Lipinski definition) is 3. The molecule has 0 unspecified atom stereocenters. The van der Waals surface area contributed by atoms with Crippen LogP contribution in [0.4, 0.5) is 4.39 Å². The standard InChI is InChI=1S/C21H25FN2O3S/c1-14-11-16(3)20(17(4)12-14)28(26,27)24-9-7-23(8-10-24)21(25)18-6-5-15(2)19(22)13-18/h5-6,11-13H,7-10H2,1-4H3. The van der Waals surface area contributed by atoms with Crippen molar-refractivity contribution in [2.45, 2.75) is 32.6 Å². The van der Waals surface area contributed by atoms with Crippen LogP contribution in [0.15, 0.2) is 35.2 Å². The number of sulfonamides is 1. The van der Waals surface area contributed by atoms with Crippen LogP contribution >= 0.6 is 0 Å². The second-order valence-electron chi connectivity index (χ2n) is 7.39. The van der Waals surface area contributed by atoms with Crippen LogP contribution in [0.5, 0.6) is 0 Å². The molecule has 0 aromatic heterocycles. The molecule has 0 atom stereocenters. The summed E-state index contributed by atoms with van der Waals surface area (Å²) in [5.74, 6) is -0.698. The lowest BCUT2D eigenvalue weighted by atomic mass is 10.1. The van der Waals surface area contributed by atoms with Gasteiger partial charge in [-0.25, -0.2) is 12.8 Å². The van der Waals surface area contributed by atoms with Gasteiger partial charge in [0.25, 0.3) is 5.91 Å². The molecular formula is C21H25FN2O3S. The van der Waals surface area contributed by atoms with Gasteiger partial charge in [0.15, 0.2) is 0 Å². The highest BCUT2D eigenvalue weighted by atomic mass is 32.2. The summed E-state index contributed by atoms with van der Waals surface area (Å²) < 4.78 is 41.5. The lowest BCUT2D eigenvalue weighted by Gasteiger charge is -2.34. The van der Waals surface area contributed by atoms with Gasteiger partial charge in [0.05, 0.1) is 4.90 Å². The van der Waals surface area contributed by atoms with Crippen LogP contribution in [-0.2, 0) is 10.0 Å². The highest BCUT2D eigenvalue weighted by molar-refractivity contribution is 7.89. The van der Waals surface area contributed by atoms with E-state index >= 15 is 0 Å². The van der Waals surface area contributed by atoms with E-state index in [0.717, 1.165) is 16.7 Å². The second-order valence-corrected chi connectivity index (χ2v) is 9.26. The third-order valence-corrected chi connectivity index (χ3v) is 7.35. The number of aryl methyl sites for hydroxylation is 4. The monoisotopic (exact) mass is 404 g/mol. The Morgan fingerprint density at radius 1 is 0.893 bits per heavy atom. The number of benzene rings is 2.